The van der Waals surface area contributed by atoms with Crippen molar-refractivity contribution in [1.29, 1.82) is 0 Å². The van der Waals surface area contributed by atoms with Crippen molar-refractivity contribution in [1.82, 2.24) is 0 Å². The summed E-state index contributed by atoms with van der Waals surface area (Å²) in [7, 11) is -1.19. The maximum Gasteiger partial charge on any atom is 0.289 e. The summed E-state index contributed by atoms with van der Waals surface area (Å²) in [5, 5.41) is 11.0. The molecule has 0 saturated carbocycles. The van der Waals surface area contributed by atoms with E-state index in [-0.39, 0.29) is 4.90 Å². The highest BCUT2D eigenvalue weighted by molar-refractivity contribution is 7.93. The number of sulfonamides is 1. The Bertz CT molecular complexity index is 787. The SMILES string of the molecule is COc1ccc(N(C)S(=O)(=O)c2ccccc2[N+](=O)[O-])cc1. The lowest BCUT2D eigenvalue weighted by Crippen LogP contribution is -2.27. The maximum absolute atomic E-state index is 12.6. The number of hydrogen-bond acceptors (Lipinski definition) is 5. The van der Waals surface area contributed by atoms with Gasteiger partial charge < -0.3 is 4.74 Å². The van der Waals surface area contributed by atoms with Gasteiger partial charge in [0.05, 0.1) is 17.7 Å². The predicted molar refractivity (Wildman–Crippen MR) is 81.7 cm³/mol. The van der Waals surface area contributed by atoms with E-state index >= 15 is 0 Å². The average molecular weight is 322 g/mol. The summed E-state index contributed by atoms with van der Waals surface area (Å²) in [5.74, 6) is 0.584. The summed E-state index contributed by atoms with van der Waals surface area (Å²) in [6.07, 6.45) is 0. The number of ether oxygens (including phenoxy) is 1. The van der Waals surface area contributed by atoms with Gasteiger partial charge in [0.2, 0.25) is 0 Å². The van der Waals surface area contributed by atoms with Gasteiger partial charge in [-0.1, -0.05) is 12.1 Å². The van der Waals surface area contributed by atoms with Crippen LogP contribution in [0, 0.1) is 10.1 Å². The van der Waals surface area contributed by atoms with Crippen molar-refractivity contribution in [2.24, 2.45) is 0 Å². The Morgan fingerprint density at radius 3 is 2.23 bits per heavy atom. The fourth-order valence-corrected chi connectivity index (χ4v) is 3.26. The number of para-hydroxylation sites is 1. The lowest BCUT2D eigenvalue weighted by atomic mass is 10.3. The third-order valence-electron chi connectivity index (χ3n) is 3.14. The molecular weight excluding hydrogens is 308 g/mol. The number of nitro benzene ring substituents is 1. The molecule has 0 N–H and O–H groups in total. The second-order valence-corrected chi connectivity index (χ2v) is 6.33. The number of nitrogens with zero attached hydrogens (tertiary/aromatic N) is 2. The Morgan fingerprint density at radius 2 is 1.68 bits per heavy atom. The van der Waals surface area contributed by atoms with Crippen LogP contribution in [-0.4, -0.2) is 27.5 Å². The summed E-state index contributed by atoms with van der Waals surface area (Å²) in [6.45, 7) is 0. The zero-order valence-corrected chi connectivity index (χ0v) is 12.8. The fraction of sp³-hybridized carbons (Fsp3) is 0.143. The number of benzene rings is 2. The maximum atomic E-state index is 12.6. The normalized spacial score (nSPS) is 11.0. The van der Waals surface area contributed by atoms with E-state index in [1.807, 2.05) is 0 Å². The Balaban J connectivity index is 2.47. The predicted octanol–water partition coefficient (Wildman–Crippen LogP) is 2.43. The Labute approximate surface area is 128 Å². The van der Waals surface area contributed by atoms with Crippen LogP contribution < -0.4 is 9.04 Å². The van der Waals surface area contributed by atoms with E-state index in [2.05, 4.69) is 0 Å². The molecule has 7 nitrogen and oxygen atoms in total. The smallest absolute Gasteiger partial charge is 0.289 e. The number of anilines is 1. The van der Waals surface area contributed by atoms with Gasteiger partial charge in [0, 0.05) is 13.1 Å². The van der Waals surface area contributed by atoms with Crippen molar-refractivity contribution >= 4 is 21.4 Å². The van der Waals surface area contributed by atoms with Crippen molar-refractivity contribution in [3.63, 3.8) is 0 Å². The zero-order chi connectivity index (χ0) is 16.3. The summed E-state index contributed by atoms with van der Waals surface area (Å²) >= 11 is 0. The van der Waals surface area contributed by atoms with Crippen LogP contribution in [0.2, 0.25) is 0 Å². The summed E-state index contributed by atoms with van der Waals surface area (Å²) in [4.78, 5) is 9.95. The molecule has 0 aliphatic heterocycles. The second kappa shape index (κ2) is 6.02. The molecule has 0 bridgehead atoms. The minimum absolute atomic E-state index is 0.349. The molecule has 2 rings (SSSR count). The molecule has 0 radical (unpaired) electrons. The topological polar surface area (TPSA) is 89.8 Å². The first-order chi connectivity index (χ1) is 10.4. The van der Waals surface area contributed by atoms with Crippen LogP contribution in [0.4, 0.5) is 11.4 Å². The Hall–Kier alpha value is -2.61. The lowest BCUT2D eigenvalue weighted by molar-refractivity contribution is -0.387. The molecule has 8 heteroatoms. The van der Waals surface area contributed by atoms with Crippen molar-refractivity contribution in [3.05, 3.63) is 58.6 Å². The van der Waals surface area contributed by atoms with Crippen molar-refractivity contribution in [2.45, 2.75) is 4.90 Å². The molecule has 0 aromatic heterocycles. The van der Waals surface area contributed by atoms with E-state index < -0.39 is 20.6 Å². The number of hydrogen-bond donors (Lipinski definition) is 0. The zero-order valence-electron chi connectivity index (χ0n) is 12.0. The van der Waals surface area contributed by atoms with Gasteiger partial charge in [0.25, 0.3) is 15.7 Å². The van der Waals surface area contributed by atoms with Gasteiger partial charge in [-0.15, -0.1) is 0 Å². The first kappa shape index (κ1) is 15.8. The van der Waals surface area contributed by atoms with Crippen molar-refractivity contribution in [3.8, 4) is 5.75 Å². The van der Waals surface area contributed by atoms with Crippen molar-refractivity contribution in [2.75, 3.05) is 18.5 Å². The monoisotopic (exact) mass is 322 g/mol. The standard InChI is InChI=1S/C14H14N2O5S/c1-15(11-7-9-12(21-2)10-8-11)22(19,20)14-6-4-3-5-13(14)16(17)18/h3-10H,1-2H3. The molecule has 0 heterocycles. The minimum atomic E-state index is -4.04. The van der Waals surface area contributed by atoms with E-state index in [1.54, 1.807) is 24.3 Å². The highest BCUT2D eigenvalue weighted by Crippen LogP contribution is 2.29. The van der Waals surface area contributed by atoms with Crippen LogP contribution in [0.5, 0.6) is 5.75 Å². The van der Waals surface area contributed by atoms with Crippen LogP contribution in [0.15, 0.2) is 53.4 Å². The van der Waals surface area contributed by atoms with Gasteiger partial charge in [-0.05, 0) is 30.3 Å². The summed E-state index contributed by atoms with van der Waals surface area (Å²) < 4.78 is 31.2. The number of nitro groups is 1. The quantitative estimate of drug-likeness (QED) is 0.623. The molecule has 116 valence electrons. The fourth-order valence-electron chi connectivity index (χ4n) is 1.90. The Kier molecular flexibility index (Phi) is 4.32. The van der Waals surface area contributed by atoms with E-state index in [1.165, 1.54) is 32.4 Å². The van der Waals surface area contributed by atoms with Gasteiger partial charge in [0.15, 0.2) is 4.90 Å². The van der Waals surface area contributed by atoms with E-state index in [0.29, 0.717) is 11.4 Å². The number of methoxy groups -OCH3 is 1. The molecule has 0 spiro atoms. The van der Waals surface area contributed by atoms with E-state index in [0.717, 1.165) is 10.4 Å². The second-order valence-electron chi connectivity index (χ2n) is 4.40. The minimum Gasteiger partial charge on any atom is -0.497 e. The van der Waals surface area contributed by atoms with Crippen LogP contribution >= 0.6 is 0 Å². The molecule has 0 aliphatic rings. The largest absolute Gasteiger partial charge is 0.497 e. The number of rotatable bonds is 5. The van der Waals surface area contributed by atoms with Crippen molar-refractivity contribution < 1.29 is 18.1 Å². The van der Waals surface area contributed by atoms with Gasteiger partial charge in [-0.3, -0.25) is 14.4 Å². The van der Waals surface area contributed by atoms with E-state index in [9.17, 15) is 18.5 Å². The van der Waals surface area contributed by atoms with Gasteiger partial charge in [-0.25, -0.2) is 8.42 Å². The molecule has 0 fully saturated rings. The molecule has 0 saturated heterocycles. The molecule has 2 aromatic rings. The molecule has 22 heavy (non-hydrogen) atoms. The first-order valence-electron chi connectivity index (χ1n) is 6.24. The lowest BCUT2D eigenvalue weighted by Gasteiger charge is -2.19. The first-order valence-corrected chi connectivity index (χ1v) is 7.68. The van der Waals surface area contributed by atoms with Gasteiger partial charge >= 0.3 is 0 Å². The highest BCUT2D eigenvalue weighted by atomic mass is 32.2. The van der Waals surface area contributed by atoms with E-state index in [4.69, 9.17) is 4.74 Å². The van der Waals surface area contributed by atoms with Crippen LogP contribution in [0.3, 0.4) is 0 Å². The van der Waals surface area contributed by atoms with Crippen LogP contribution in [-0.2, 0) is 10.0 Å². The third kappa shape index (κ3) is 2.86. The summed E-state index contributed by atoms with van der Waals surface area (Å²) in [6, 6.07) is 11.6. The van der Waals surface area contributed by atoms with Gasteiger partial charge in [-0.2, -0.15) is 0 Å². The molecule has 0 unspecified atom stereocenters. The summed E-state index contributed by atoms with van der Waals surface area (Å²) in [5.41, 5.74) is -0.0817. The molecule has 0 amide bonds. The third-order valence-corrected chi connectivity index (χ3v) is 4.97. The Morgan fingerprint density at radius 1 is 1.09 bits per heavy atom. The molecule has 2 aromatic carbocycles. The highest BCUT2D eigenvalue weighted by Gasteiger charge is 2.29. The molecule has 0 aliphatic carbocycles. The average Bonchev–Trinajstić information content (AvgIpc) is 2.54. The van der Waals surface area contributed by atoms with Crippen LogP contribution in [0.1, 0.15) is 0 Å². The van der Waals surface area contributed by atoms with Crippen LogP contribution in [0.25, 0.3) is 0 Å². The molecule has 0 atom stereocenters. The van der Waals surface area contributed by atoms with Gasteiger partial charge in [0.1, 0.15) is 5.75 Å². The molecular formula is C14H14N2O5S.